The molecule has 0 heterocycles. The zero-order valence-corrected chi connectivity index (χ0v) is 16.8. The molecule has 10 heteroatoms. The highest BCUT2D eigenvalue weighted by atomic mass is 35.6. The molecule has 1 atom stereocenters. The number of amides is 2. The molecule has 2 rings (SSSR count). The van der Waals surface area contributed by atoms with Crippen LogP contribution in [0.3, 0.4) is 0 Å². The standard InChI is InChI=1S/C15H11Cl6N3O/c16-8-6-10(17)12(11(18)7-8)23-13(15(19,20)21)24-14(25)22-9-4-2-1-3-5-9/h1-7,13,23H,(H2,22,24,25)/t13-/m1/s1. The monoisotopic (exact) mass is 459 g/mol. The molecule has 0 radical (unpaired) electrons. The summed E-state index contributed by atoms with van der Waals surface area (Å²) in [4.78, 5) is 12.2. The maximum Gasteiger partial charge on any atom is 0.320 e. The summed E-state index contributed by atoms with van der Waals surface area (Å²) in [6.07, 6.45) is -1.13. The second kappa shape index (κ2) is 8.76. The smallest absolute Gasteiger partial charge is 0.320 e. The van der Waals surface area contributed by atoms with Crippen molar-refractivity contribution in [2.75, 3.05) is 10.6 Å². The maximum absolute atomic E-state index is 12.2. The number of rotatable bonds is 4. The number of anilines is 2. The molecule has 25 heavy (non-hydrogen) atoms. The molecule has 0 bridgehead atoms. The Bertz CT molecular complexity index is 728. The molecule has 2 amide bonds. The molecule has 134 valence electrons. The summed E-state index contributed by atoms with van der Waals surface area (Å²) in [5.41, 5.74) is 0.842. The van der Waals surface area contributed by atoms with Crippen LogP contribution in [0, 0.1) is 0 Å². The van der Waals surface area contributed by atoms with Crippen molar-refractivity contribution in [1.29, 1.82) is 0 Å². The van der Waals surface area contributed by atoms with Crippen molar-refractivity contribution >= 4 is 87.0 Å². The Balaban J connectivity index is 2.16. The Morgan fingerprint density at radius 3 is 2.04 bits per heavy atom. The van der Waals surface area contributed by atoms with E-state index in [-0.39, 0.29) is 15.7 Å². The molecule has 4 nitrogen and oxygen atoms in total. The molecular weight excluding hydrogens is 451 g/mol. The summed E-state index contributed by atoms with van der Waals surface area (Å²) < 4.78 is -1.89. The van der Waals surface area contributed by atoms with Gasteiger partial charge < -0.3 is 16.0 Å². The number of carbonyl (C=O) groups excluding carboxylic acids is 1. The Labute approximate surface area is 174 Å². The molecule has 0 aromatic heterocycles. The number of nitrogens with one attached hydrogen (secondary N) is 3. The van der Waals surface area contributed by atoms with Crippen molar-refractivity contribution in [3.05, 3.63) is 57.5 Å². The van der Waals surface area contributed by atoms with E-state index in [4.69, 9.17) is 69.6 Å². The van der Waals surface area contributed by atoms with E-state index in [1.165, 1.54) is 12.1 Å². The van der Waals surface area contributed by atoms with Gasteiger partial charge in [-0.2, -0.15) is 0 Å². The quantitative estimate of drug-likeness (QED) is 0.356. The molecular formula is C15H11Cl6N3O. The van der Waals surface area contributed by atoms with E-state index in [2.05, 4.69) is 16.0 Å². The van der Waals surface area contributed by atoms with Gasteiger partial charge >= 0.3 is 6.03 Å². The molecule has 0 aliphatic carbocycles. The van der Waals surface area contributed by atoms with E-state index < -0.39 is 16.0 Å². The van der Waals surface area contributed by atoms with Gasteiger partial charge in [0.05, 0.1) is 15.7 Å². The van der Waals surface area contributed by atoms with Gasteiger partial charge in [-0.3, -0.25) is 0 Å². The van der Waals surface area contributed by atoms with Crippen LogP contribution in [-0.4, -0.2) is 16.0 Å². The fourth-order valence-electron chi connectivity index (χ4n) is 1.84. The van der Waals surface area contributed by atoms with Crippen molar-refractivity contribution in [2.45, 2.75) is 9.96 Å². The van der Waals surface area contributed by atoms with Crippen molar-refractivity contribution in [3.63, 3.8) is 0 Å². The number of hydrogen-bond acceptors (Lipinski definition) is 2. The van der Waals surface area contributed by atoms with E-state index >= 15 is 0 Å². The van der Waals surface area contributed by atoms with Crippen LogP contribution in [-0.2, 0) is 0 Å². The average molecular weight is 462 g/mol. The largest absolute Gasteiger partial charge is 0.359 e. The molecule has 0 aliphatic heterocycles. The number of carbonyl (C=O) groups is 1. The predicted octanol–water partition coefficient (Wildman–Crippen LogP) is 6.58. The van der Waals surface area contributed by atoms with E-state index in [1.54, 1.807) is 24.3 Å². The van der Waals surface area contributed by atoms with Crippen LogP contribution >= 0.6 is 69.6 Å². The minimum atomic E-state index is -1.89. The summed E-state index contributed by atoms with van der Waals surface area (Å²) in [5, 5.41) is 8.71. The lowest BCUT2D eigenvalue weighted by Crippen LogP contribution is -2.50. The normalized spacial score (nSPS) is 12.4. The van der Waals surface area contributed by atoms with Gasteiger partial charge in [-0.25, -0.2) is 4.79 Å². The molecule has 0 fully saturated rings. The lowest BCUT2D eigenvalue weighted by atomic mass is 10.3. The summed E-state index contributed by atoms with van der Waals surface area (Å²) in [6.45, 7) is 0. The summed E-state index contributed by atoms with van der Waals surface area (Å²) in [6, 6.07) is 11.1. The highest BCUT2D eigenvalue weighted by molar-refractivity contribution is 6.68. The minimum Gasteiger partial charge on any atom is -0.359 e. The second-order valence-corrected chi connectivity index (χ2v) is 8.45. The highest BCUT2D eigenvalue weighted by Crippen LogP contribution is 2.37. The molecule has 0 saturated carbocycles. The molecule has 2 aromatic rings. The SMILES string of the molecule is O=C(Nc1ccccc1)N[C@@H](Nc1c(Cl)cc(Cl)cc1Cl)C(Cl)(Cl)Cl. The molecule has 0 aliphatic rings. The Morgan fingerprint density at radius 1 is 0.960 bits per heavy atom. The van der Waals surface area contributed by atoms with E-state index in [9.17, 15) is 4.79 Å². The molecule has 3 N–H and O–H groups in total. The first kappa shape index (κ1) is 20.6. The number of halogens is 6. The van der Waals surface area contributed by atoms with Crippen molar-refractivity contribution in [1.82, 2.24) is 5.32 Å². The topological polar surface area (TPSA) is 53.2 Å². The number of urea groups is 1. The third-order valence-corrected chi connectivity index (χ3v) is 4.40. The van der Waals surface area contributed by atoms with Crippen LogP contribution in [0.25, 0.3) is 0 Å². The Morgan fingerprint density at radius 2 is 1.52 bits per heavy atom. The first-order chi connectivity index (χ1) is 11.7. The van der Waals surface area contributed by atoms with Gasteiger partial charge in [0.25, 0.3) is 0 Å². The maximum atomic E-state index is 12.2. The highest BCUT2D eigenvalue weighted by Gasteiger charge is 2.35. The second-order valence-electron chi connectivity index (χ2n) is 4.83. The number of hydrogen-bond donors (Lipinski definition) is 3. The first-order valence-corrected chi connectivity index (χ1v) is 9.04. The number of para-hydroxylation sites is 1. The first-order valence-electron chi connectivity index (χ1n) is 6.77. The number of alkyl halides is 3. The fourth-order valence-corrected chi connectivity index (χ4v) is 3.10. The fraction of sp³-hybridized carbons (Fsp3) is 0.133. The van der Waals surface area contributed by atoms with Gasteiger partial charge in [-0.1, -0.05) is 87.8 Å². The Hall–Kier alpha value is -0.750. The van der Waals surface area contributed by atoms with Crippen molar-refractivity contribution in [2.24, 2.45) is 0 Å². The van der Waals surface area contributed by atoms with Gasteiger partial charge in [0, 0.05) is 10.7 Å². The van der Waals surface area contributed by atoms with Crippen molar-refractivity contribution in [3.8, 4) is 0 Å². The zero-order chi connectivity index (χ0) is 18.6. The van der Waals surface area contributed by atoms with Crippen LogP contribution in [0.1, 0.15) is 0 Å². The lowest BCUT2D eigenvalue weighted by molar-refractivity contribution is 0.249. The van der Waals surface area contributed by atoms with Gasteiger partial charge in [0.2, 0.25) is 3.79 Å². The minimum absolute atomic E-state index is 0.210. The van der Waals surface area contributed by atoms with E-state index in [0.717, 1.165) is 0 Å². The molecule has 0 saturated heterocycles. The van der Waals surface area contributed by atoms with Crippen LogP contribution in [0.5, 0.6) is 0 Å². The van der Waals surface area contributed by atoms with Gasteiger partial charge in [-0.15, -0.1) is 0 Å². The van der Waals surface area contributed by atoms with Crippen LogP contribution < -0.4 is 16.0 Å². The third kappa shape index (κ3) is 6.17. The molecule has 0 unspecified atom stereocenters. The summed E-state index contributed by atoms with van der Waals surface area (Å²) >= 11 is 35.9. The van der Waals surface area contributed by atoms with Crippen molar-refractivity contribution < 1.29 is 4.79 Å². The van der Waals surface area contributed by atoms with E-state index in [0.29, 0.717) is 10.7 Å². The third-order valence-electron chi connectivity index (χ3n) is 2.93. The van der Waals surface area contributed by atoms with E-state index in [1.807, 2.05) is 6.07 Å². The Kier molecular flexibility index (Phi) is 7.20. The van der Waals surface area contributed by atoms with Gasteiger partial charge in [-0.05, 0) is 24.3 Å². The van der Waals surface area contributed by atoms with Crippen LogP contribution in [0.2, 0.25) is 15.1 Å². The van der Waals surface area contributed by atoms with Gasteiger partial charge in [0.15, 0.2) is 0 Å². The number of benzene rings is 2. The zero-order valence-electron chi connectivity index (χ0n) is 12.3. The summed E-state index contributed by atoms with van der Waals surface area (Å²) in [7, 11) is 0. The van der Waals surface area contributed by atoms with Crippen LogP contribution in [0.4, 0.5) is 16.2 Å². The van der Waals surface area contributed by atoms with Gasteiger partial charge in [0.1, 0.15) is 6.17 Å². The van der Waals surface area contributed by atoms with Crippen LogP contribution in [0.15, 0.2) is 42.5 Å². The lowest BCUT2D eigenvalue weighted by Gasteiger charge is -2.28. The average Bonchev–Trinajstić information content (AvgIpc) is 2.49. The summed E-state index contributed by atoms with van der Waals surface area (Å²) in [5.74, 6) is 0. The molecule has 0 spiro atoms. The predicted molar refractivity (Wildman–Crippen MR) is 108 cm³/mol. The molecule has 2 aromatic carbocycles.